The summed E-state index contributed by atoms with van der Waals surface area (Å²) in [6.45, 7) is 2.40. The van der Waals surface area contributed by atoms with E-state index in [2.05, 4.69) is 10.3 Å². The topological polar surface area (TPSA) is 71.5 Å². The number of carbonyl (C=O) groups excluding carboxylic acids is 1. The standard InChI is InChI=1S/C14H19ClN2O3/c1-2-3-7-20-14(19)10-8-11(15)13(18)17-12(10)16-9-5-4-6-9/h8-9H,2-7H2,1H3,(H2,16,17,18). The minimum Gasteiger partial charge on any atom is -0.492 e. The van der Waals surface area contributed by atoms with E-state index < -0.39 is 5.97 Å². The Kier molecular flexibility index (Phi) is 5.06. The first kappa shape index (κ1) is 14.9. The van der Waals surface area contributed by atoms with Crippen LogP contribution in [0.1, 0.15) is 49.4 Å². The Bertz CT molecular complexity index is 490. The number of hydrogen-bond donors (Lipinski definition) is 2. The summed E-state index contributed by atoms with van der Waals surface area (Å²) in [6, 6.07) is 1.70. The molecule has 2 rings (SSSR count). The fourth-order valence-electron chi connectivity index (χ4n) is 1.88. The summed E-state index contributed by atoms with van der Waals surface area (Å²) in [7, 11) is 0. The Balaban J connectivity index is 2.15. The van der Waals surface area contributed by atoms with Crippen molar-refractivity contribution in [3.63, 3.8) is 0 Å². The van der Waals surface area contributed by atoms with Gasteiger partial charge in [-0.05, 0) is 31.7 Å². The Morgan fingerprint density at radius 1 is 1.60 bits per heavy atom. The molecule has 0 amide bonds. The predicted octanol–water partition coefficient (Wildman–Crippen LogP) is 3.36. The smallest absolute Gasteiger partial charge is 0.341 e. The fourth-order valence-corrected chi connectivity index (χ4v) is 2.03. The second kappa shape index (κ2) is 6.79. The molecule has 0 aliphatic heterocycles. The molecule has 1 fully saturated rings. The van der Waals surface area contributed by atoms with Crippen LogP contribution in [0, 0.1) is 0 Å². The molecule has 5 nitrogen and oxygen atoms in total. The number of esters is 1. The van der Waals surface area contributed by atoms with E-state index in [1.807, 2.05) is 6.92 Å². The summed E-state index contributed by atoms with van der Waals surface area (Å²) in [5.74, 6) is -0.397. The van der Waals surface area contributed by atoms with Crippen LogP contribution in [0.4, 0.5) is 5.82 Å². The van der Waals surface area contributed by atoms with Gasteiger partial charge in [-0.2, -0.15) is 4.98 Å². The van der Waals surface area contributed by atoms with Gasteiger partial charge in [0.1, 0.15) is 16.4 Å². The van der Waals surface area contributed by atoms with Crippen molar-refractivity contribution in [1.82, 2.24) is 4.98 Å². The first-order valence-corrected chi connectivity index (χ1v) is 7.32. The molecule has 6 heteroatoms. The van der Waals surface area contributed by atoms with Gasteiger partial charge < -0.3 is 15.2 Å². The van der Waals surface area contributed by atoms with E-state index in [0.717, 1.165) is 32.1 Å². The summed E-state index contributed by atoms with van der Waals surface area (Å²) < 4.78 is 5.18. The zero-order valence-corrected chi connectivity index (χ0v) is 12.2. The van der Waals surface area contributed by atoms with Gasteiger partial charge in [-0.1, -0.05) is 24.9 Å². The third-order valence-electron chi connectivity index (χ3n) is 3.35. The maximum absolute atomic E-state index is 12.0. The van der Waals surface area contributed by atoms with Crippen LogP contribution in [0.25, 0.3) is 0 Å². The molecule has 1 aromatic heterocycles. The van der Waals surface area contributed by atoms with E-state index in [-0.39, 0.29) is 16.5 Å². The lowest BCUT2D eigenvalue weighted by Crippen LogP contribution is -2.28. The van der Waals surface area contributed by atoms with Crippen LogP contribution in [-0.4, -0.2) is 28.7 Å². The van der Waals surface area contributed by atoms with E-state index in [9.17, 15) is 9.90 Å². The van der Waals surface area contributed by atoms with Crippen LogP contribution in [-0.2, 0) is 4.74 Å². The molecule has 2 N–H and O–H groups in total. The van der Waals surface area contributed by atoms with Gasteiger partial charge in [0.2, 0.25) is 5.88 Å². The molecule has 1 aliphatic carbocycles. The molecule has 0 spiro atoms. The minimum atomic E-state index is -0.463. The largest absolute Gasteiger partial charge is 0.492 e. The van der Waals surface area contributed by atoms with Crippen molar-refractivity contribution in [1.29, 1.82) is 0 Å². The van der Waals surface area contributed by atoms with Crippen LogP contribution >= 0.6 is 11.6 Å². The molecule has 0 aromatic carbocycles. The lowest BCUT2D eigenvalue weighted by molar-refractivity contribution is 0.0500. The van der Waals surface area contributed by atoms with E-state index in [0.29, 0.717) is 18.5 Å². The fraction of sp³-hybridized carbons (Fsp3) is 0.571. The van der Waals surface area contributed by atoms with Crippen molar-refractivity contribution in [3.05, 3.63) is 16.7 Å². The Hall–Kier alpha value is -1.49. The first-order valence-electron chi connectivity index (χ1n) is 6.95. The number of unbranched alkanes of at least 4 members (excludes halogenated alkanes) is 1. The second-order valence-electron chi connectivity index (χ2n) is 4.95. The number of anilines is 1. The summed E-state index contributed by atoms with van der Waals surface area (Å²) >= 11 is 5.83. The maximum atomic E-state index is 12.0. The normalized spacial score (nSPS) is 14.7. The number of aromatic hydroxyl groups is 1. The first-order chi connectivity index (χ1) is 9.61. The highest BCUT2D eigenvalue weighted by Gasteiger charge is 2.23. The maximum Gasteiger partial charge on any atom is 0.341 e. The summed E-state index contributed by atoms with van der Waals surface area (Å²) in [4.78, 5) is 16.0. The molecule has 0 saturated heterocycles. The molecular formula is C14H19ClN2O3. The number of ether oxygens (including phenoxy) is 1. The van der Waals surface area contributed by atoms with Crippen molar-refractivity contribution in [2.75, 3.05) is 11.9 Å². The van der Waals surface area contributed by atoms with Gasteiger partial charge in [-0.15, -0.1) is 0 Å². The molecule has 0 bridgehead atoms. The molecule has 1 saturated carbocycles. The van der Waals surface area contributed by atoms with E-state index >= 15 is 0 Å². The van der Waals surface area contributed by atoms with Crippen molar-refractivity contribution in [3.8, 4) is 5.88 Å². The van der Waals surface area contributed by atoms with Gasteiger partial charge in [-0.3, -0.25) is 0 Å². The van der Waals surface area contributed by atoms with Gasteiger partial charge in [0.05, 0.1) is 6.61 Å². The monoisotopic (exact) mass is 298 g/mol. The van der Waals surface area contributed by atoms with E-state index in [4.69, 9.17) is 16.3 Å². The number of rotatable bonds is 6. The van der Waals surface area contributed by atoms with Crippen LogP contribution in [0.15, 0.2) is 6.07 Å². The van der Waals surface area contributed by atoms with Gasteiger partial charge >= 0.3 is 5.97 Å². The molecule has 1 aromatic rings. The van der Waals surface area contributed by atoms with Crippen LogP contribution in [0.3, 0.4) is 0 Å². The van der Waals surface area contributed by atoms with Gasteiger partial charge in [-0.25, -0.2) is 4.79 Å². The van der Waals surface area contributed by atoms with E-state index in [1.54, 1.807) is 0 Å². The average Bonchev–Trinajstić information content (AvgIpc) is 2.37. The third kappa shape index (κ3) is 3.54. The molecule has 0 unspecified atom stereocenters. The number of aromatic nitrogens is 1. The Labute approximate surface area is 123 Å². The molecule has 1 heterocycles. The Morgan fingerprint density at radius 3 is 2.95 bits per heavy atom. The number of pyridine rings is 1. The number of carbonyl (C=O) groups is 1. The minimum absolute atomic E-state index is 0.0478. The van der Waals surface area contributed by atoms with Crippen molar-refractivity contribution in [2.45, 2.75) is 45.1 Å². The SMILES string of the molecule is CCCCOC(=O)c1cc(Cl)c(O)nc1NC1CCC1. The van der Waals surface area contributed by atoms with Crippen LogP contribution in [0.5, 0.6) is 5.88 Å². The van der Waals surface area contributed by atoms with Crippen LogP contribution in [0.2, 0.25) is 5.02 Å². The second-order valence-corrected chi connectivity index (χ2v) is 5.36. The summed E-state index contributed by atoms with van der Waals surface area (Å²) in [5.41, 5.74) is 0.274. The zero-order chi connectivity index (χ0) is 14.5. The highest BCUT2D eigenvalue weighted by atomic mass is 35.5. The lowest BCUT2D eigenvalue weighted by Gasteiger charge is -2.27. The predicted molar refractivity (Wildman–Crippen MR) is 77.4 cm³/mol. The molecule has 1 aliphatic rings. The quantitative estimate of drug-likeness (QED) is 0.622. The van der Waals surface area contributed by atoms with Gasteiger partial charge in [0.15, 0.2) is 0 Å². The van der Waals surface area contributed by atoms with Crippen molar-refractivity contribution in [2.24, 2.45) is 0 Å². The molecule has 20 heavy (non-hydrogen) atoms. The van der Waals surface area contributed by atoms with Crippen LogP contribution < -0.4 is 5.32 Å². The van der Waals surface area contributed by atoms with Crippen molar-refractivity contribution < 1.29 is 14.6 Å². The van der Waals surface area contributed by atoms with E-state index in [1.165, 1.54) is 6.07 Å². The van der Waals surface area contributed by atoms with Gasteiger partial charge in [0, 0.05) is 6.04 Å². The van der Waals surface area contributed by atoms with Crippen molar-refractivity contribution >= 4 is 23.4 Å². The molecule has 0 atom stereocenters. The summed E-state index contributed by atoms with van der Waals surface area (Å²) in [6.07, 6.45) is 5.00. The number of halogens is 1. The average molecular weight is 299 g/mol. The Morgan fingerprint density at radius 2 is 2.35 bits per heavy atom. The lowest BCUT2D eigenvalue weighted by atomic mass is 9.93. The molecule has 0 radical (unpaired) electrons. The zero-order valence-electron chi connectivity index (χ0n) is 11.5. The van der Waals surface area contributed by atoms with Gasteiger partial charge in [0.25, 0.3) is 0 Å². The summed E-state index contributed by atoms with van der Waals surface area (Å²) in [5, 5.41) is 12.8. The highest BCUT2D eigenvalue weighted by Crippen LogP contribution is 2.30. The number of nitrogens with zero attached hydrogens (tertiary/aromatic N) is 1. The third-order valence-corrected chi connectivity index (χ3v) is 3.63. The molecule has 110 valence electrons. The number of hydrogen-bond acceptors (Lipinski definition) is 5. The molecular weight excluding hydrogens is 280 g/mol. The highest BCUT2D eigenvalue weighted by molar-refractivity contribution is 6.32. The number of nitrogens with one attached hydrogen (secondary N) is 1.